The van der Waals surface area contributed by atoms with Crippen LogP contribution in [0.2, 0.25) is 0 Å². The van der Waals surface area contributed by atoms with Crippen LogP contribution in [0.15, 0.2) is 36.5 Å². The van der Waals surface area contributed by atoms with Gasteiger partial charge in [0.2, 0.25) is 0 Å². The van der Waals surface area contributed by atoms with Crippen LogP contribution in [-0.4, -0.2) is 28.0 Å². The first kappa shape index (κ1) is 18.1. The van der Waals surface area contributed by atoms with Crippen molar-refractivity contribution in [3.63, 3.8) is 0 Å². The van der Waals surface area contributed by atoms with Crippen LogP contribution >= 0.6 is 0 Å². The lowest BCUT2D eigenvalue weighted by molar-refractivity contribution is 0.439. The average molecular weight is 367 g/mol. The van der Waals surface area contributed by atoms with E-state index >= 15 is 0 Å². The van der Waals surface area contributed by atoms with Crippen molar-refractivity contribution in [1.82, 2.24) is 25.6 Å². The number of rotatable bonds is 8. The minimum Gasteiger partial charge on any atom is -0.341 e. The van der Waals surface area contributed by atoms with Crippen LogP contribution in [-0.2, 0) is 13.0 Å². The number of H-pyrrole nitrogens is 1. The molecule has 0 spiro atoms. The number of aromatic nitrogens is 3. The van der Waals surface area contributed by atoms with E-state index in [4.69, 9.17) is 0 Å². The van der Waals surface area contributed by atoms with E-state index in [9.17, 15) is 4.39 Å². The van der Waals surface area contributed by atoms with Gasteiger partial charge >= 0.3 is 0 Å². The number of hydrogen-bond donors (Lipinski definition) is 3. The predicted octanol–water partition coefficient (Wildman–Crippen LogP) is 3.63. The Balaban J connectivity index is 1.15. The molecule has 1 unspecified atom stereocenters. The summed E-state index contributed by atoms with van der Waals surface area (Å²) in [5.41, 5.74) is 4.19. The highest BCUT2D eigenvalue weighted by molar-refractivity contribution is 5.74. The molecule has 4 rings (SSSR count). The Kier molecular flexibility index (Phi) is 5.75. The molecule has 27 heavy (non-hydrogen) atoms. The normalized spacial score (nSPS) is 16.6. The smallest absolute Gasteiger partial charge is 0.125 e. The van der Waals surface area contributed by atoms with Crippen molar-refractivity contribution in [1.29, 1.82) is 0 Å². The molecule has 1 aromatic carbocycles. The molecule has 5 nitrogen and oxygen atoms in total. The number of nitrogens with one attached hydrogen (secondary N) is 3. The van der Waals surface area contributed by atoms with E-state index in [-0.39, 0.29) is 5.82 Å². The monoisotopic (exact) mass is 367 g/mol. The fourth-order valence-corrected chi connectivity index (χ4v) is 3.78. The maximum absolute atomic E-state index is 13.2. The second-order valence-electron chi connectivity index (χ2n) is 7.18. The zero-order valence-electron chi connectivity index (χ0n) is 15.5. The van der Waals surface area contributed by atoms with Crippen molar-refractivity contribution in [2.75, 3.05) is 13.1 Å². The summed E-state index contributed by atoms with van der Waals surface area (Å²) in [6.45, 7) is 2.61. The molecule has 3 aromatic rings. The quantitative estimate of drug-likeness (QED) is 0.532. The van der Waals surface area contributed by atoms with Crippen molar-refractivity contribution in [2.24, 2.45) is 0 Å². The molecule has 6 heteroatoms. The topological polar surface area (TPSA) is 65.6 Å². The molecule has 0 aliphatic heterocycles. The highest BCUT2D eigenvalue weighted by Gasteiger charge is 2.20. The van der Waals surface area contributed by atoms with Crippen LogP contribution in [0.25, 0.3) is 11.0 Å². The van der Waals surface area contributed by atoms with Gasteiger partial charge in [-0.1, -0.05) is 6.07 Å². The zero-order valence-corrected chi connectivity index (χ0v) is 15.5. The number of hydrogen-bond acceptors (Lipinski definition) is 4. The fraction of sp³-hybridized carbons (Fsp3) is 0.429. The highest BCUT2D eigenvalue weighted by Crippen LogP contribution is 2.27. The molecule has 0 saturated heterocycles. The summed E-state index contributed by atoms with van der Waals surface area (Å²) in [5, 5.41) is 7.07. The summed E-state index contributed by atoms with van der Waals surface area (Å²) in [6.07, 6.45) is 7.68. The van der Waals surface area contributed by atoms with Crippen LogP contribution in [0.4, 0.5) is 4.39 Å². The minimum atomic E-state index is -0.242. The zero-order chi connectivity index (χ0) is 18.5. The van der Waals surface area contributed by atoms with Gasteiger partial charge in [0.05, 0.1) is 23.3 Å². The van der Waals surface area contributed by atoms with Gasteiger partial charge in [-0.3, -0.25) is 4.98 Å². The highest BCUT2D eigenvalue weighted by atomic mass is 19.1. The summed E-state index contributed by atoms with van der Waals surface area (Å²) < 4.78 is 13.2. The maximum atomic E-state index is 13.2. The number of benzene rings is 1. The van der Waals surface area contributed by atoms with E-state index in [1.54, 1.807) is 6.07 Å². The van der Waals surface area contributed by atoms with Crippen LogP contribution in [0.1, 0.15) is 48.8 Å². The standard InChI is InChI=1S/C21H26FN5/c22-16-8-9-17-19(13-16)27-20(26-17)14-23-10-1-2-11-24-18-7-3-5-15-6-4-12-25-21(15)18/h4,6,8-9,12-13,18,23-24H,1-3,5,7,10-11,14H2,(H,26,27). The summed E-state index contributed by atoms with van der Waals surface area (Å²) >= 11 is 0. The second kappa shape index (κ2) is 8.59. The molecule has 3 N–H and O–H groups in total. The van der Waals surface area contributed by atoms with Gasteiger partial charge in [-0.25, -0.2) is 9.37 Å². The van der Waals surface area contributed by atoms with E-state index in [2.05, 4.69) is 31.7 Å². The van der Waals surface area contributed by atoms with Gasteiger partial charge in [0, 0.05) is 12.2 Å². The Morgan fingerprint density at radius 1 is 1.19 bits per heavy atom. The summed E-state index contributed by atoms with van der Waals surface area (Å²) in [7, 11) is 0. The third-order valence-corrected chi connectivity index (χ3v) is 5.15. The second-order valence-corrected chi connectivity index (χ2v) is 7.18. The molecular formula is C21H26FN5. The number of aryl methyl sites for hydroxylation is 1. The first-order valence-corrected chi connectivity index (χ1v) is 9.81. The molecule has 2 heterocycles. The van der Waals surface area contributed by atoms with Gasteiger partial charge in [0.25, 0.3) is 0 Å². The number of unbranched alkanes of at least 4 members (excludes halogenated alkanes) is 1. The molecule has 142 valence electrons. The molecule has 0 saturated carbocycles. The molecule has 1 aliphatic carbocycles. The van der Waals surface area contributed by atoms with Gasteiger partial charge in [-0.05, 0) is 75.0 Å². The molecule has 1 atom stereocenters. The Morgan fingerprint density at radius 3 is 3.07 bits per heavy atom. The molecule has 1 aliphatic rings. The number of nitrogens with zero attached hydrogens (tertiary/aromatic N) is 2. The van der Waals surface area contributed by atoms with Crippen LogP contribution in [0.3, 0.4) is 0 Å². The van der Waals surface area contributed by atoms with Gasteiger partial charge in [0.15, 0.2) is 0 Å². The maximum Gasteiger partial charge on any atom is 0.125 e. The molecule has 0 bridgehead atoms. The first-order valence-electron chi connectivity index (χ1n) is 9.81. The molecule has 2 aromatic heterocycles. The molecule has 0 fully saturated rings. The van der Waals surface area contributed by atoms with Crippen molar-refractivity contribution < 1.29 is 4.39 Å². The van der Waals surface area contributed by atoms with E-state index in [0.717, 1.165) is 49.2 Å². The largest absolute Gasteiger partial charge is 0.341 e. The summed E-state index contributed by atoms with van der Waals surface area (Å²) in [6, 6.07) is 9.26. The van der Waals surface area contributed by atoms with Crippen molar-refractivity contribution in [2.45, 2.75) is 44.7 Å². The van der Waals surface area contributed by atoms with Crippen LogP contribution in [0, 0.1) is 5.82 Å². The number of fused-ring (bicyclic) bond motifs is 2. The van der Waals surface area contributed by atoms with Gasteiger partial charge in [0.1, 0.15) is 11.6 Å². The third kappa shape index (κ3) is 4.51. The van der Waals surface area contributed by atoms with Gasteiger partial charge in [-0.2, -0.15) is 0 Å². The lowest BCUT2D eigenvalue weighted by atomic mass is 9.92. The van der Waals surface area contributed by atoms with E-state index in [1.807, 2.05) is 12.3 Å². The van der Waals surface area contributed by atoms with Crippen molar-refractivity contribution in [3.8, 4) is 0 Å². The van der Waals surface area contributed by atoms with Crippen molar-refractivity contribution in [3.05, 3.63) is 59.4 Å². The predicted molar refractivity (Wildman–Crippen MR) is 105 cm³/mol. The Labute approximate surface area is 158 Å². The van der Waals surface area contributed by atoms with Gasteiger partial charge in [-0.15, -0.1) is 0 Å². The lowest BCUT2D eigenvalue weighted by Gasteiger charge is -2.25. The third-order valence-electron chi connectivity index (χ3n) is 5.15. The Morgan fingerprint density at radius 2 is 2.11 bits per heavy atom. The number of imidazole rings is 1. The van der Waals surface area contributed by atoms with Crippen LogP contribution < -0.4 is 10.6 Å². The summed E-state index contributed by atoms with van der Waals surface area (Å²) in [5.74, 6) is 0.604. The van der Waals surface area contributed by atoms with Gasteiger partial charge < -0.3 is 15.6 Å². The van der Waals surface area contributed by atoms with Crippen LogP contribution in [0.5, 0.6) is 0 Å². The number of aromatic amines is 1. The Bertz CT molecular complexity index is 891. The summed E-state index contributed by atoms with van der Waals surface area (Å²) in [4.78, 5) is 12.2. The lowest BCUT2D eigenvalue weighted by Crippen LogP contribution is -2.27. The Hall–Kier alpha value is -2.31. The molecule has 0 amide bonds. The average Bonchev–Trinajstić information content (AvgIpc) is 3.09. The minimum absolute atomic E-state index is 0.242. The number of pyridine rings is 1. The van der Waals surface area contributed by atoms with E-state index in [0.29, 0.717) is 12.6 Å². The SMILES string of the molecule is Fc1ccc2nc(CNCCCCNC3CCCc4cccnc43)[nH]c2c1. The first-order chi connectivity index (χ1) is 13.3. The van der Waals surface area contributed by atoms with Crippen molar-refractivity contribution >= 4 is 11.0 Å². The molecule has 0 radical (unpaired) electrons. The van der Waals surface area contributed by atoms with E-state index < -0.39 is 0 Å². The fourth-order valence-electron chi connectivity index (χ4n) is 3.78. The molecular weight excluding hydrogens is 341 g/mol. The number of halogens is 1. The van der Waals surface area contributed by atoms with E-state index in [1.165, 1.54) is 36.2 Å².